The van der Waals surface area contributed by atoms with Crippen LogP contribution in [0.2, 0.25) is 0 Å². The predicted octanol–water partition coefficient (Wildman–Crippen LogP) is 5.22. The first-order chi connectivity index (χ1) is 17.6. The number of halogens is 1. The van der Waals surface area contributed by atoms with Gasteiger partial charge in [0.15, 0.2) is 5.78 Å². The molecule has 1 amide bonds. The molecule has 0 saturated carbocycles. The number of ketones is 1. The van der Waals surface area contributed by atoms with Crippen LogP contribution in [0.15, 0.2) is 72.8 Å². The lowest BCUT2D eigenvalue weighted by Gasteiger charge is -2.37. The summed E-state index contributed by atoms with van der Waals surface area (Å²) in [6.45, 7) is 0.950. The Balaban J connectivity index is 1.32. The van der Waals surface area contributed by atoms with Crippen molar-refractivity contribution < 1.29 is 23.5 Å². The minimum absolute atomic E-state index is 0.00727. The molecule has 0 aromatic heterocycles. The van der Waals surface area contributed by atoms with E-state index >= 15 is 0 Å². The lowest BCUT2D eigenvalue weighted by molar-refractivity contribution is -0.121. The van der Waals surface area contributed by atoms with Gasteiger partial charge >= 0.3 is 0 Å². The molecule has 2 aliphatic heterocycles. The summed E-state index contributed by atoms with van der Waals surface area (Å²) in [5, 5.41) is 0. The van der Waals surface area contributed by atoms with E-state index in [9.17, 15) is 14.0 Å². The van der Waals surface area contributed by atoms with Gasteiger partial charge in [0, 0.05) is 36.6 Å². The maximum atomic E-state index is 13.3. The van der Waals surface area contributed by atoms with Crippen LogP contribution in [-0.2, 0) is 11.2 Å². The van der Waals surface area contributed by atoms with Crippen molar-refractivity contribution in [2.24, 2.45) is 5.92 Å². The Kier molecular flexibility index (Phi) is 7.31. The van der Waals surface area contributed by atoms with Crippen LogP contribution in [0.1, 0.15) is 45.8 Å². The molecule has 6 heteroatoms. The molecule has 0 aliphatic carbocycles. The van der Waals surface area contributed by atoms with Gasteiger partial charge in [0.05, 0.1) is 0 Å². The van der Waals surface area contributed by atoms with E-state index in [1.165, 1.54) is 5.56 Å². The van der Waals surface area contributed by atoms with E-state index in [0.29, 0.717) is 42.5 Å². The zero-order chi connectivity index (χ0) is 24.9. The molecule has 1 saturated heterocycles. The Hall–Kier alpha value is -3.67. The van der Waals surface area contributed by atoms with Gasteiger partial charge in [-0.15, -0.1) is 0 Å². The Morgan fingerprint density at radius 3 is 2.56 bits per heavy atom. The topological polar surface area (TPSA) is 55.8 Å². The van der Waals surface area contributed by atoms with Crippen LogP contribution in [0.4, 0.5) is 4.39 Å². The van der Waals surface area contributed by atoms with Gasteiger partial charge in [-0.3, -0.25) is 9.59 Å². The van der Waals surface area contributed by atoms with E-state index in [4.69, 9.17) is 9.47 Å². The maximum absolute atomic E-state index is 13.3. The van der Waals surface area contributed by atoms with Crippen LogP contribution in [0.3, 0.4) is 0 Å². The lowest BCUT2D eigenvalue weighted by Crippen LogP contribution is -2.40. The number of carbonyl (C=O) groups excluding carboxylic acids is 2. The largest absolute Gasteiger partial charge is 0.491 e. The molecule has 1 unspecified atom stereocenters. The third-order valence-corrected chi connectivity index (χ3v) is 7.10. The number of likely N-dealkylation sites (tertiary alicyclic amines) is 1. The van der Waals surface area contributed by atoms with E-state index in [2.05, 4.69) is 30.3 Å². The van der Waals surface area contributed by atoms with Crippen molar-refractivity contribution in [3.8, 4) is 11.5 Å². The molecule has 5 nitrogen and oxygen atoms in total. The van der Waals surface area contributed by atoms with Crippen LogP contribution in [0, 0.1) is 5.92 Å². The zero-order valence-corrected chi connectivity index (χ0v) is 20.2. The maximum Gasteiger partial charge on any atom is 0.253 e. The van der Waals surface area contributed by atoms with Crippen molar-refractivity contribution in [2.45, 2.75) is 25.2 Å². The third-order valence-electron chi connectivity index (χ3n) is 7.10. The van der Waals surface area contributed by atoms with Crippen LogP contribution in [-0.4, -0.2) is 49.6 Å². The van der Waals surface area contributed by atoms with Crippen LogP contribution >= 0.6 is 0 Å². The normalized spacial score (nSPS) is 16.7. The molecule has 1 atom stereocenters. The Morgan fingerprint density at radius 1 is 1.00 bits per heavy atom. The summed E-state index contributed by atoms with van der Waals surface area (Å²) in [4.78, 5) is 27.0. The van der Waals surface area contributed by atoms with E-state index < -0.39 is 6.67 Å². The number of Topliss-reactive ketones (excluding diaryl/α,β-unsaturated/α-hetero) is 1. The standard InChI is InChI=1S/C30H30FNO4/c31-13-16-35-27-8-4-7-23(19-27)29(21-5-2-1-3-6-21)22-11-14-32(15-12-22)30(34)24-9-10-28-25(17-24)18-26(33)20-36-28/h1-10,17,19,22,29H,11-16,18,20H2. The number of hydrogen-bond donors (Lipinski definition) is 0. The number of fused-ring (bicyclic) bond motifs is 1. The van der Waals surface area contributed by atoms with Gasteiger partial charge in [-0.25, -0.2) is 4.39 Å². The number of piperidine rings is 1. The minimum Gasteiger partial charge on any atom is -0.491 e. The van der Waals surface area contributed by atoms with Crippen molar-refractivity contribution in [1.29, 1.82) is 0 Å². The fourth-order valence-corrected chi connectivity index (χ4v) is 5.38. The van der Waals surface area contributed by atoms with Gasteiger partial charge in [0.25, 0.3) is 5.91 Å². The second kappa shape index (κ2) is 10.9. The first-order valence-corrected chi connectivity index (χ1v) is 12.5. The van der Waals surface area contributed by atoms with Crippen molar-refractivity contribution >= 4 is 11.7 Å². The average molecular weight is 488 g/mol. The first kappa shape index (κ1) is 24.0. The minimum atomic E-state index is -0.521. The van der Waals surface area contributed by atoms with Gasteiger partial charge in [0.2, 0.25) is 0 Å². The van der Waals surface area contributed by atoms with Gasteiger partial charge in [0.1, 0.15) is 31.4 Å². The highest BCUT2D eigenvalue weighted by Crippen LogP contribution is 2.39. The van der Waals surface area contributed by atoms with Gasteiger partial charge in [-0.05, 0) is 60.2 Å². The molecule has 2 heterocycles. The van der Waals surface area contributed by atoms with Crippen LogP contribution in [0.25, 0.3) is 0 Å². The second-order valence-corrected chi connectivity index (χ2v) is 9.45. The number of ether oxygens (including phenoxy) is 2. The van der Waals surface area contributed by atoms with Gasteiger partial charge < -0.3 is 14.4 Å². The fraction of sp³-hybridized carbons (Fsp3) is 0.333. The summed E-state index contributed by atoms with van der Waals surface area (Å²) in [5.74, 6) is 1.89. The summed E-state index contributed by atoms with van der Waals surface area (Å²) < 4.78 is 23.7. The number of hydrogen-bond acceptors (Lipinski definition) is 4. The van der Waals surface area contributed by atoms with E-state index in [1.807, 2.05) is 29.2 Å². The molecule has 5 rings (SSSR count). The quantitative estimate of drug-likeness (QED) is 0.458. The van der Waals surface area contributed by atoms with Crippen molar-refractivity contribution in [1.82, 2.24) is 4.90 Å². The number of nitrogens with zero attached hydrogens (tertiary/aromatic N) is 1. The molecule has 0 bridgehead atoms. The first-order valence-electron chi connectivity index (χ1n) is 12.5. The van der Waals surface area contributed by atoms with Gasteiger partial charge in [-0.1, -0.05) is 42.5 Å². The number of benzene rings is 3. The predicted molar refractivity (Wildman–Crippen MR) is 135 cm³/mol. The summed E-state index contributed by atoms with van der Waals surface area (Å²) in [6.07, 6.45) is 2.05. The number of rotatable bonds is 7. The molecule has 36 heavy (non-hydrogen) atoms. The molecule has 186 valence electrons. The second-order valence-electron chi connectivity index (χ2n) is 9.45. The van der Waals surface area contributed by atoms with Crippen molar-refractivity contribution in [2.75, 3.05) is 33.0 Å². The number of alkyl halides is 1. The van der Waals surface area contributed by atoms with Gasteiger partial charge in [-0.2, -0.15) is 0 Å². The molecule has 0 spiro atoms. The molecular weight excluding hydrogens is 457 g/mol. The summed E-state index contributed by atoms with van der Waals surface area (Å²) >= 11 is 0. The third kappa shape index (κ3) is 5.27. The van der Waals surface area contributed by atoms with E-state index in [0.717, 1.165) is 24.0 Å². The molecule has 0 N–H and O–H groups in total. The highest BCUT2D eigenvalue weighted by molar-refractivity contribution is 5.95. The van der Waals surface area contributed by atoms with Crippen LogP contribution in [0.5, 0.6) is 11.5 Å². The number of carbonyl (C=O) groups is 2. The molecular formula is C30H30FNO4. The Bertz CT molecular complexity index is 1220. The summed E-state index contributed by atoms with van der Waals surface area (Å²) in [7, 11) is 0. The zero-order valence-electron chi connectivity index (χ0n) is 20.2. The average Bonchev–Trinajstić information content (AvgIpc) is 2.92. The number of amides is 1. The van der Waals surface area contributed by atoms with Crippen molar-refractivity contribution in [3.63, 3.8) is 0 Å². The Morgan fingerprint density at radius 2 is 1.78 bits per heavy atom. The Labute approximate surface area is 210 Å². The lowest BCUT2D eigenvalue weighted by atomic mass is 9.76. The molecule has 2 aliphatic rings. The molecule has 0 radical (unpaired) electrons. The van der Waals surface area contributed by atoms with Crippen molar-refractivity contribution in [3.05, 3.63) is 95.1 Å². The highest BCUT2D eigenvalue weighted by atomic mass is 19.1. The smallest absolute Gasteiger partial charge is 0.253 e. The fourth-order valence-electron chi connectivity index (χ4n) is 5.38. The van der Waals surface area contributed by atoms with Crippen LogP contribution < -0.4 is 9.47 Å². The highest BCUT2D eigenvalue weighted by Gasteiger charge is 2.31. The summed E-state index contributed by atoms with van der Waals surface area (Å²) in [6, 6.07) is 23.7. The molecule has 1 fully saturated rings. The molecule has 3 aromatic rings. The SMILES string of the molecule is O=C1COc2ccc(C(=O)N3CCC(C(c4ccccc4)c4cccc(OCCF)c4)CC3)cc2C1. The van der Waals surface area contributed by atoms with E-state index in [1.54, 1.807) is 18.2 Å². The summed E-state index contributed by atoms with van der Waals surface area (Å²) in [5.41, 5.74) is 3.75. The molecule has 3 aromatic carbocycles. The van der Waals surface area contributed by atoms with E-state index in [-0.39, 0.29) is 30.8 Å². The monoisotopic (exact) mass is 487 g/mol.